The Balaban J connectivity index is 2.34. The van der Waals surface area contributed by atoms with E-state index >= 15 is 0 Å². The van der Waals surface area contributed by atoms with Crippen LogP contribution in [0.4, 0.5) is 4.39 Å². The lowest BCUT2D eigenvalue weighted by molar-refractivity contribution is 0.0590. The fourth-order valence-electron chi connectivity index (χ4n) is 1.76. The van der Waals surface area contributed by atoms with E-state index in [0.717, 1.165) is 0 Å². The molecule has 0 aliphatic heterocycles. The maximum Gasteiger partial charge on any atom is 0.354 e. The third-order valence-corrected chi connectivity index (χ3v) is 2.77. The monoisotopic (exact) mass is 261 g/mol. The summed E-state index contributed by atoms with van der Waals surface area (Å²) in [5.74, 6) is -1.19. The van der Waals surface area contributed by atoms with Crippen molar-refractivity contribution in [2.75, 3.05) is 7.11 Å². The van der Waals surface area contributed by atoms with Gasteiger partial charge >= 0.3 is 5.97 Å². The van der Waals surface area contributed by atoms with Gasteiger partial charge in [-0.05, 0) is 30.3 Å². The summed E-state index contributed by atoms with van der Waals surface area (Å²) in [4.78, 5) is 23.6. The van der Waals surface area contributed by atoms with E-state index in [4.69, 9.17) is 0 Å². The molecular weight excluding hydrogens is 249 g/mol. The first-order valence-corrected chi connectivity index (χ1v) is 5.58. The summed E-state index contributed by atoms with van der Waals surface area (Å²) in [6.45, 7) is 0. The Morgan fingerprint density at radius 3 is 2.37 bits per heavy atom. The van der Waals surface area contributed by atoms with Crippen LogP contribution in [-0.2, 0) is 11.8 Å². The Morgan fingerprint density at radius 1 is 1.16 bits per heavy atom. The molecule has 0 saturated carbocycles. The summed E-state index contributed by atoms with van der Waals surface area (Å²) in [6.07, 6.45) is 1.54. The number of hydrogen-bond acceptors (Lipinski definition) is 3. The van der Waals surface area contributed by atoms with Crippen molar-refractivity contribution >= 4 is 11.8 Å². The molecule has 0 saturated heterocycles. The molecule has 4 nitrogen and oxygen atoms in total. The molecule has 0 spiro atoms. The van der Waals surface area contributed by atoms with E-state index < -0.39 is 11.8 Å². The number of carbonyl (C=O) groups is 2. The van der Waals surface area contributed by atoms with Gasteiger partial charge in [-0.1, -0.05) is 0 Å². The molecule has 0 N–H and O–H groups in total. The molecule has 98 valence electrons. The predicted octanol–water partition coefficient (Wildman–Crippen LogP) is 2.18. The van der Waals surface area contributed by atoms with E-state index in [0.29, 0.717) is 11.1 Å². The predicted molar refractivity (Wildman–Crippen MR) is 66.6 cm³/mol. The molecule has 0 unspecified atom stereocenters. The first-order valence-electron chi connectivity index (χ1n) is 5.58. The van der Waals surface area contributed by atoms with E-state index in [1.54, 1.807) is 7.05 Å². The maximum atomic E-state index is 12.8. The van der Waals surface area contributed by atoms with Crippen molar-refractivity contribution in [2.24, 2.45) is 7.05 Å². The number of ketones is 1. The Hall–Kier alpha value is -2.43. The van der Waals surface area contributed by atoms with Crippen LogP contribution in [0, 0.1) is 5.82 Å². The summed E-state index contributed by atoms with van der Waals surface area (Å²) in [5.41, 5.74) is 1.01. The van der Waals surface area contributed by atoms with Gasteiger partial charge in [0, 0.05) is 24.4 Å². The zero-order valence-corrected chi connectivity index (χ0v) is 10.5. The summed E-state index contributed by atoms with van der Waals surface area (Å²) in [6, 6.07) is 6.71. The second-order valence-electron chi connectivity index (χ2n) is 4.05. The highest BCUT2D eigenvalue weighted by Gasteiger charge is 2.17. The Bertz CT molecular complexity index is 629. The van der Waals surface area contributed by atoms with Crippen LogP contribution in [0.5, 0.6) is 0 Å². The third kappa shape index (κ3) is 2.54. The number of nitrogens with zero attached hydrogens (tertiary/aromatic N) is 1. The van der Waals surface area contributed by atoms with Gasteiger partial charge in [-0.2, -0.15) is 0 Å². The third-order valence-electron chi connectivity index (χ3n) is 2.77. The van der Waals surface area contributed by atoms with Gasteiger partial charge in [0.15, 0.2) is 5.78 Å². The van der Waals surface area contributed by atoms with Crippen molar-refractivity contribution < 1.29 is 18.7 Å². The number of rotatable bonds is 3. The van der Waals surface area contributed by atoms with Gasteiger partial charge in [-0.3, -0.25) is 4.79 Å². The van der Waals surface area contributed by atoms with E-state index in [1.165, 1.54) is 48.2 Å². The summed E-state index contributed by atoms with van der Waals surface area (Å²) in [7, 11) is 2.92. The Labute approximate surface area is 109 Å². The van der Waals surface area contributed by atoms with Gasteiger partial charge < -0.3 is 9.30 Å². The molecule has 19 heavy (non-hydrogen) atoms. The van der Waals surface area contributed by atoms with E-state index in [9.17, 15) is 14.0 Å². The van der Waals surface area contributed by atoms with Crippen molar-refractivity contribution in [2.45, 2.75) is 0 Å². The zero-order chi connectivity index (χ0) is 14.0. The van der Waals surface area contributed by atoms with Crippen molar-refractivity contribution in [1.82, 2.24) is 4.57 Å². The number of aromatic nitrogens is 1. The summed E-state index contributed by atoms with van der Waals surface area (Å²) < 4.78 is 18.9. The van der Waals surface area contributed by atoms with Crippen LogP contribution in [-0.4, -0.2) is 23.4 Å². The van der Waals surface area contributed by atoms with Gasteiger partial charge in [0.05, 0.1) is 7.11 Å². The fraction of sp³-hybridized carbons (Fsp3) is 0.143. The smallest absolute Gasteiger partial charge is 0.354 e. The van der Waals surface area contributed by atoms with Gasteiger partial charge in [-0.15, -0.1) is 0 Å². The molecular formula is C14H12FNO3. The highest BCUT2D eigenvalue weighted by atomic mass is 19.1. The molecule has 0 atom stereocenters. The molecule has 0 bridgehead atoms. The first kappa shape index (κ1) is 13.0. The van der Waals surface area contributed by atoms with Crippen molar-refractivity contribution in [3.05, 3.63) is 59.2 Å². The van der Waals surface area contributed by atoms with Crippen LogP contribution in [0.1, 0.15) is 26.4 Å². The SMILES string of the molecule is COC(=O)c1cc(C(=O)c2ccc(F)cc2)cn1C. The largest absolute Gasteiger partial charge is 0.464 e. The molecule has 0 aliphatic carbocycles. The second kappa shape index (κ2) is 5.06. The minimum Gasteiger partial charge on any atom is -0.464 e. The molecule has 2 rings (SSSR count). The molecule has 1 aromatic carbocycles. The molecule has 1 heterocycles. The molecule has 5 heteroatoms. The highest BCUT2D eigenvalue weighted by Crippen LogP contribution is 2.14. The molecule has 1 aromatic heterocycles. The van der Waals surface area contributed by atoms with Crippen molar-refractivity contribution in [1.29, 1.82) is 0 Å². The van der Waals surface area contributed by atoms with Gasteiger partial charge in [0.25, 0.3) is 0 Å². The van der Waals surface area contributed by atoms with E-state index in [2.05, 4.69) is 4.74 Å². The number of hydrogen-bond donors (Lipinski definition) is 0. The number of esters is 1. The van der Waals surface area contributed by atoms with E-state index in [-0.39, 0.29) is 11.5 Å². The average molecular weight is 261 g/mol. The number of carbonyl (C=O) groups excluding carboxylic acids is 2. The molecule has 0 radical (unpaired) electrons. The van der Waals surface area contributed by atoms with Crippen molar-refractivity contribution in [3.63, 3.8) is 0 Å². The topological polar surface area (TPSA) is 48.3 Å². The molecule has 0 amide bonds. The van der Waals surface area contributed by atoms with Crippen LogP contribution < -0.4 is 0 Å². The molecule has 0 fully saturated rings. The van der Waals surface area contributed by atoms with Crippen LogP contribution >= 0.6 is 0 Å². The standard InChI is InChI=1S/C14H12FNO3/c1-16-8-10(7-12(16)14(18)19-2)13(17)9-3-5-11(15)6-4-9/h3-8H,1-2H3. The lowest BCUT2D eigenvalue weighted by atomic mass is 10.1. The maximum absolute atomic E-state index is 12.8. The van der Waals surface area contributed by atoms with Gasteiger partial charge in [0.1, 0.15) is 11.5 Å². The Kier molecular flexibility index (Phi) is 3.46. The van der Waals surface area contributed by atoms with E-state index in [1.807, 2.05) is 0 Å². The van der Waals surface area contributed by atoms with Gasteiger partial charge in [-0.25, -0.2) is 9.18 Å². The number of methoxy groups -OCH3 is 1. The average Bonchev–Trinajstić information content (AvgIpc) is 2.80. The number of halogens is 1. The van der Waals surface area contributed by atoms with Crippen LogP contribution in [0.15, 0.2) is 36.5 Å². The minimum atomic E-state index is -0.513. The van der Waals surface area contributed by atoms with Crippen LogP contribution in [0.3, 0.4) is 0 Å². The lowest BCUT2D eigenvalue weighted by Crippen LogP contribution is -2.06. The van der Waals surface area contributed by atoms with Crippen LogP contribution in [0.2, 0.25) is 0 Å². The lowest BCUT2D eigenvalue weighted by Gasteiger charge is -1.98. The molecule has 2 aromatic rings. The van der Waals surface area contributed by atoms with Gasteiger partial charge in [0.2, 0.25) is 0 Å². The minimum absolute atomic E-state index is 0.272. The molecule has 0 aliphatic rings. The summed E-state index contributed by atoms with van der Waals surface area (Å²) in [5, 5.41) is 0. The first-order chi connectivity index (χ1) is 9.02. The number of ether oxygens (including phenoxy) is 1. The normalized spacial score (nSPS) is 10.3. The summed E-state index contributed by atoms with van der Waals surface area (Å²) >= 11 is 0. The second-order valence-corrected chi connectivity index (χ2v) is 4.05. The highest BCUT2D eigenvalue weighted by molar-refractivity contribution is 6.10. The van der Waals surface area contributed by atoms with Crippen molar-refractivity contribution in [3.8, 4) is 0 Å². The van der Waals surface area contributed by atoms with Crippen LogP contribution in [0.25, 0.3) is 0 Å². The number of aryl methyl sites for hydroxylation is 1. The Morgan fingerprint density at radius 2 is 1.79 bits per heavy atom. The fourth-order valence-corrected chi connectivity index (χ4v) is 1.76. The zero-order valence-electron chi connectivity index (χ0n) is 10.5. The number of benzene rings is 1. The quantitative estimate of drug-likeness (QED) is 0.628.